The van der Waals surface area contributed by atoms with Gasteiger partial charge in [-0.05, 0) is 31.6 Å². The Labute approximate surface area is 77.9 Å². The van der Waals surface area contributed by atoms with Gasteiger partial charge in [0.15, 0.2) is 11.3 Å². The second-order valence-corrected chi connectivity index (χ2v) is 4.27. The zero-order valence-corrected chi connectivity index (χ0v) is 7.79. The number of carbonyl (C=O) groups is 1. The Kier molecular flexibility index (Phi) is 2.18. The van der Waals surface area contributed by atoms with Crippen molar-refractivity contribution in [2.75, 3.05) is 0 Å². The first kappa shape index (κ1) is 8.85. The third-order valence-corrected chi connectivity index (χ3v) is 3.64. The number of hydrogen-bond acceptors (Lipinski definition) is 3. The lowest BCUT2D eigenvalue weighted by molar-refractivity contribution is -0.130. The fraction of sp³-hybridized carbons (Fsp3) is 0.900. The van der Waals surface area contributed by atoms with Gasteiger partial charge in [0.05, 0.1) is 0 Å². The third kappa shape index (κ3) is 1.21. The summed E-state index contributed by atoms with van der Waals surface area (Å²) in [4.78, 5) is 22.5. The molecule has 0 aromatic rings. The van der Waals surface area contributed by atoms with E-state index in [0.29, 0.717) is 12.8 Å². The fourth-order valence-corrected chi connectivity index (χ4v) is 2.87. The van der Waals surface area contributed by atoms with Crippen LogP contribution in [0.4, 0.5) is 0 Å². The molecule has 0 saturated heterocycles. The highest BCUT2D eigenvalue weighted by Crippen LogP contribution is 2.44. The van der Waals surface area contributed by atoms with Crippen molar-refractivity contribution in [1.82, 2.24) is 0 Å². The molecule has 0 aromatic heterocycles. The predicted octanol–water partition coefficient (Wildman–Crippen LogP) is 2.43. The molecule has 0 amide bonds. The van der Waals surface area contributed by atoms with Gasteiger partial charge in [0.1, 0.15) is 0 Å². The highest BCUT2D eigenvalue weighted by Gasteiger charge is 2.49. The minimum Gasteiger partial charge on any atom is -0.297 e. The molecule has 2 saturated carbocycles. The summed E-state index contributed by atoms with van der Waals surface area (Å²) in [6.07, 6.45) is 6.45. The SMILES string of the molecule is O=NC12CCCCC1CCCC2=O. The summed E-state index contributed by atoms with van der Waals surface area (Å²) in [6.45, 7) is 0. The Balaban J connectivity index is 2.28. The van der Waals surface area contributed by atoms with Crippen LogP contribution in [0.1, 0.15) is 44.9 Å². The molecule has 2 aliphatic carbocycles. The molecule has 0 spiro atoms. The summed E-state index contributed by atoms with van der Waals surface area (Å²) in [5.74, 6) is 0.374. The number of fused-ring (bicyclic) bond motifs is 1. The molecule has 2 atom stereocenters. The van der Waals surface area contributed by atoms with Crippen molar-refractivity contribution in [3.63, 3.8) is 0 Å². The van der Waals surface area contributed by atoms with Crippen LogP contribution in [-0.4, -0.2) is 11.3 Å². The molecule has 2 rings (SSSR count). The van der Waals surface area contributed by atoms with Crippen molar-refractivity contribution >= 4 is 5.78 Å². The summed E-state index contributed by atoms with van der Waals surface area (Å²) in [5, 5.41) is 3.18. The predicted molar refractivity (Wildman–Crippen MR) is 49.3 cm³/mol. The van der Waals surface area contributed by atoms with Gasteiger partial charge in [-0.1, -0.05) is 18.0 Å². The molecule has 3 heteroatoms. The number of ketones is 1. The van der Waals surface area contributed by atoms with Crippen molar-refractivity contribution in [2.45, 2.75) is 50.5 Å². The van der Waals surface area contributed by atoms with Crippen LogP contribution in [-0.2, 0) is 4.79 Å². The smallest absolute Gasteiger partial charge is 0.164 e. The largest absolute Gasteiger partial charge is 0.297 e. The average Bonchev–Trinajstić information content (AvgIpc) is 2.19. The van der Waals surface area contributed by atoms with E-state index in [-0.39, 0.29) is 11.7 Å². The molecular weight excluding hydrogens is 166 g/mol. The van der Waals surface area contributed by atoms with Crippen LogP contribution in [0.2, 0.25) is 0 Å². The van der Waals surface area contributed by atoms with Crippen LogP contribution < -0.4 is 0 Å². The van der Waals surface area contributed by atoms with Crippen LogP contribution >= 0.6 is 0 Å². The quantitative estimate of drug-likeness (QED) is 0.583. The third-order valence-electron chi connectivity index (χ3n) is 3.64. The number of hydrogen-bond donors (Lipinski definition) is 0. The molecule has 0 aliphatic heterocycles. The van der Waals surface area contributed by atoms with E-state index in [0.717, 1.165) is 32.1 Å². The normalized spacial score (nSPS) is 39.7. The minimum atomic E-state index is -0.795. The van der Waals surface area contributed by atoms with Gasteiger partial charge in [-0.25, -0.2) is 0 Å². The molecule has 0 bridgehead atoms. The number of carbonyl (C=O) groups excluding carboxylic acids is 1. The van der Waals surface area contributed by atoms with Gasteiger partial charge in [0.2, 0.25) is 0 Å². The van der Waals surface area contributed by atoms with E-state index < -0.39 is 5.54 Å². The first-order valence-electron chi connectivity index (χ1n) is 5.17. The molecule has 0 aromatic carbocycles. The zero-order chi connectivity index (χ0) is 9.31. The van der Waals surface area contributed by atoms with Crippen molar-refractivity contribution < 1.29 is 4.79 Å². The Hall–Kier alpha value is -0.730. The number of rotatable bonds is 1. The molecule has 0 radical (unpaired) electrons. The van der Waals surface area contributed by atoms with Gasteiger partial charge in [0.25, 0.3) is 0 Å². The van der Waals surface area contributed by atoms with E-state index in [4.69, 9.17) is 0 Å². The number of Topliss-reactive ketones (excluding diaryl/α,β-unsaturated/α-hetero) is 1. The van der Waals surface area contributed by atoms with E-state index in [1.54, 1.807) is 0 Å². The molecular formula is C10H15NO2. The monoisotopic (exact) mass is 181 g/mol. The van der Waals surface area contributed by atoms with E-state index in [1.165, 1.54) is 0 Å². The van der Waals surface area contributed by atoms with Crippen molar-refractivity contribution in [3.05, 3.63) is 4.91 Å². The molecule has 2 aliphatic rings. The summed E-state index contributed by atoms with van der Waals surface area (Å²) in [6, 6.07) is 0. The molecule has 3 nitrogen and oxygen atoms in total. The maximum Gasteiger partial charge on any atom is 0.164 e. The molecule has 2 fully saturated rings. The molecule has 72 valence electrons. The number of nitroso groups, excluding NO2 is 1. The molecule has 0 N–H and O–H groups in total. The summed E-state index contributed by atoms with van der Waals surface area (Å²) in [5.41, 5.74) is -0.795. The highest BCUT2D eigenvalue weighted by atomic mass is 16.3. The van der Waals surface area contributed by atoms with Crippen LogP contribution in [0.3, 0.4) is 0 Å². The molecule has 2 unspecified atom stereocenters. The molecule has 13 heavy (non-hydrogen) atoms. The van der Waals surface area contributed by atoms with Gasteiger partial charge in [-0.3, -0.25) is 4.79 Å². The lowest BCUT2D eigenvalue weighted by Crippen LogP contribution is -2.48. The summed E-state index contributed by atoms with van der Waals surface area (Å²) >= 11 is 0. The fourth-order valence-electron chi connectivity index (χ4n) is 2.87. The van der Waals surface area contributed by atoms with Gasteiger partial charge in [0, 0.05) is 6.42 Å². The Morgan fingerprint density at radius 2 is 2.00 bits per heavy atom. The molecule has 0 heterocycles. The topological polar surface area (TPSA) is 46.5 Å². The maximum atomic E-state index is 11.7. The standard InChI is InChI=1S/C10H15NO2/c12-9-6-3-5-8-4-1-2-7-10(8,9)11-13/h8H,1-7H2. The van der Waals surface area contributed by atoms with Crippen molar-refractivity contribution in [1.29, 1.82) is 0 Å². The van der Waals surface area contributed by atoms with Crippen molar-refractivity contribution in [3.8, 4) is 0 Å². The number of nitrogens with zero attached hydrogens (tertiary/aromatic N) is 1. The Morgan fingerprint density at radius 1 is 1.23 bits per heavy atom. The van der Waals surface area contributed by atoms with Gasteiger partial charge in [-0.15, -0.1) is 4.91 Å². The average molecular weight is 181 g/mol. The zero-order valence-electron chi connectivity index (χ0n) is 7.79. The second-order valence-electron chi connectivity index (χ2n) is 4.27. The maximum absolute atomic E-state index is 11.7. The first-order chi connectivity index (χ1) is 6.29. The Bertz CT molecular complexity index is 237. The van der Waals surface area contributed by atoms with Gasteiger partial charge in [-0.2, -0.15) is 0 Å². The minimum absolute atomic E-state index is 0.110. The van der Waals surface area contributed by atoms with E-state index in [2.05, 4.69) is 5.18 Å². The van der Waals surface area contributed by atoms with E-state index in [1.807, 2.05) is 0 Å². The van der Waals surface area contributed by atoms with Crippen LogP contribution in [0, 0.1) is 10.8 Å². The van der Waals surface area contributed by atoms with Crippen LogP contribution in [0.25, 0.3) is 0 Å². The summed E-state index contributed by atoms with van der Waals surface area (Å²) < 4.78 is 0. The van der Waals surface area contributed by atoms with Gasteiger partial charge >= 0.3 is 0 Å². The second kappa shape index (κ2) is 3.20. The highest BCUT2D eigenvalue weighted by molar-refractivity contribution is 5.89. The van der Waals surface area contributed by atoms with E-state index in [9.17, 15) is 9.70 Å². The Morgan fingerprint density at radius 3 is 2.69 bits per heavy atom. The van der Waals surface area contributed by atoms with E-state index >= 15 is 0 Å². The summed E-state index contributed by atoms with van der Waals surface area (Å²) in [7, 11) is 0. The lowest BCUT2D eigenvalue weighted by atomic mass is 9.65. The van der Waals surface area contributed by atoms with Crippen LogP contribution in [0.5, 0.6) is 0 Å². The lowest BCUT2D eigenvalue weighted by Gasteiger charge is -2.40. The van der Waals surface area contributed by atoms with Crippen LogP contribution in [0.15, 0.2) is 5.18 Å². The van der Waals surface area contributed by atoms with Gasteiger partial charge < -0.3 is 0 Å². The first-order valence-corrected chi connectivity index (χ1v) is 5.17. The van der Waals surface area contributed by atoms with Crippen molar-refractivity contribution in [2.24, 2.45) is 11.1 Å².